The Bertz CT molecular complexity index is 1410. The number of carbonyl (C=O) groups excluding carboxylic acids is 1. The van der Waals surface area contributed by atoms with Crippen LogP contribution in [0.3, 0.4) is 0 Å². The van der Waals surface area contributed by atoms with Gasteiger partial charge < -0.3 is 14.6 Å². The number of benzene rings is 3. The molecule has 2 aromatic heterocycles. The molecule has 164 valence electrons. The molecule has 5 aromatic rings. The fourth-order valence-electron chi connectivity index (χ4n) is 3.71. The number of fused-ring (bicyclic) bond motifs is 1. The average molecular weight is 438 g/mol. The van der Waals surface area contributed by atoms with Gasteiger partial charge in [-0.25, -0.2) is 4.98 Å². The van der Waals surface area contributed by atoms with Crippen LogP contribution in [0.5, 0.6) is 5.75 Å². The van der Waals surface area contributed by atoms with Crippen LogP contribution in [0.4, 0.5) is 5.69 Å². The lowest BCUT2D eigenvalue weighted by Crippen LogP contribution is -2.14. The number of hydrogen-bond acceptors (Lipinski definition) is 5. The Hall–Kier alpha value is -4.39. The van der Waals surface area contributed by atoms with Crippen molar-refractivity contribution in [3.8, 4) is 11.4 Å². The maximum atomic E-state index is 13.0. The van der Waals surface area contributed by atoms with Gasteiger partial charge in [0.2, 0.25) is 0 Å². The van der Waals surface area contributed by atoms with Crippen LogP contribution in [0.25, 0.3) is 16.7 Å². The van der Waals surface area contributed by atoms with E-state index in [4.69, 9.17) is 9.26 Å². The summed E-state index contributed by atoms with van der Waals surface area (Å²) in [6.07, 6.45) is 1.80. The van der Waals surface area contributed by atoms with Crippen LogP contribution < -0.4 is 10.1 Å². The third-order valence-electron chi connectivity index (χ3n) is 5.54. The van der Waals surface area contributed by atoms with E-state index in [0.717, 1.165) is 28.0 Å². The second-order valence-corrected chi connectivity index (χ2v) is 7.69. The molecule has 0 radical (unpaired) electrons. The predicted molar refractivity (Wildman–Crippen MR) is 126 cm³/mol. The minimum Gasteiger partial charge on any atom is -0.488 e. The molecule has 7 nitrogen and oxygen atoms in total. The van der Waals surface area contributed by atoms with Crippen molar-refractivity contribution in [1.82, 2.24) is 14.7 Å². The number of para-hydroxylation sites is 3. The molecule has 1 N–H and O–H groups in total. The molecule has 1 amide bonds. The van der Waals surface area contributed by atoms with Crippen LogP contribution in [0.1, 0.15) is 27.4 Å². The number of carbonyl (C=O) groups is 1. The van der Waals surface area contributed by atoms with Crippen LogP contribution in [-0.2, 0) is 6.61 Å². The monoisotopic (exact) mass is 438 g/mol. The van der Waals surface area contributed by atoms with Crippen LogP contribution in [0.2, 0.25) is 0 Å². The Morgan fingerprint density at radius 3 is 2.55 bits per heavy atom. The molecule has 0 bridgehead atoms. The molecule has 0 aliphatic heterocycles. The van der Waals surface area contributed by atoms with Crippen LogP contribution in [0.15, 0.2) is 83.6 Å². The highest BCUT2D eigenvalue weighted by molar-refractivity contribution is 6.06. The van der Waals surface area contributed by atoms with Gasteiger partial charge in [-0.15, -0.1) is 0 Å². The fraction of sp³-hybridized carbons (Fsp3) is 0.115. The summed E-state index contributed by atoms with van der Waals surface area (Å²) in [5.74, 6) is 0.960. The van der Waals surface area contributed by atoms with Gasteiger partial charge in [-0.05, 0) is 62.4 Å². The van der Waals surface area contributed by atoms with Crippen molar-refractivity contribution < 1.29 is 14.1 Å². The summed E-state index contributed by atoms with van der Waals surface area (Å²) in [5, 5.41) is 6.89. The van der Waals surface area contributed by atoms with Crippen molar-refractivity contribution in [3.05, 3.63) is 102 Å². The zero-order valence-electron chi connectivity index (χ0n) is 18.3. The highest BCUT2D eigenvalue weighted by atomic mass is 16.5. The summed E-state index contributed by atoms with van der Waals surface area (Å²) < 4.78 is 13.1. The molecule has 0 atom stereocenters. The highest BCUT2D eigenvalue weighted by Crippen LogP contribution is 2.24. The Balaban J connectivity index is 1.32. The standard InChI is InChI=1S/C26H22N4O3/c1-17-22(18(2)33-29-17)15-32-25-10-6-3-7-21(25)26(31)28-19-11-13-20(14-12-19)30-16-27-23-8-4-5-9-24(23)30/h3-14,16H,15H2,1-2H3,(H,28,31). The van der Waals surface area contributed by atoms with Gasteiger partial charge in [-0.2, -0.15) is 0 Å². The minimum atomic E-state index is -0.245. The summed E-state index contributed by atoms with van der Waals surface area (Å²) in [5.41, 5.74) is 5.72. The first kappa shape index (κ1) is 20.5. The molecule has 33 heavy (non-hydrogen) atoms. The van der Waals surface area contributed by atoms with E-state index in [2.05, 4.69) is 15.5 Å². The zero-order valence-corrected chi connectivity index (χ0v) is 18.3. The van der Waals surface area contributed by atoms with Gasteiger partial charge in [0.25, 0.3) is 5.91 Å². The quantitative estimate of drug-likeness (QED) is 0.381. The van der Waals surface area contributed by atoms with Crippen molar-refractivity contribution in [3.63, 3.8) is 0 Å². The molecule has 3 aromatic carbocycles. The normalized spacial score (nSPS) is 11.0. The number of anilines is 1. The summed E-state index contributed by atoms with van der Waals surface area (Å²) in [6, 6.07) is 22.8. The molecular weight excluding hydrogens is 416 g/mol. The largest absolute Gasteiger partial charge is 0.488 e. The summed E-state index contributed by atoms with van der Waals surface area (Å²) in [4.78, 5) is 17.4. The van der Waals surface area contributed by atoms with E-state index in [9.17, 15) is 4.79 Å². The summed E-state index contributed by atoms with van der Waals surface area (Å²) >= 11 is 0. The van der Waals surface area contributed by atoms with Gasteiger partial charge in [0.1, 0.15) is 24.4 Å². The minimum absolute atomic E-state index is 0.245. The van der Waals surface area contributed by atoms with Gasteiger partial charge in [-0.1, -0.05) is 29.4 Å². The number of nitrogens with zero attached hydrogens (tertiary/aromatic N) is 3. The number of rotatable bonds is 6. The first-order valence-corrected chi connectivity index (χ1v) is 10.6. The maximum Gasteiger partial charge on any atom is 0.259 e. The van der Waals surface area contributed by atoms with Crippen molar-refractivity contribution in [2.45, 2.75) is 20.5 Å². The number of aromatic nitrogens is 3. The number of aryl methyl sites for hydroxylation is 2. The van der Waals surface area contributed by atoms with Crippen molar-refractivity contribution in [2.24, 2.45) is 0 Å². The van der Waals surface area contributed by atoms with E-state index in [1.54, 1.807) is 18.5 Å². The molecule has 0 aliphatic carbocycles. The Kier molecular flexibility index (Phi) is 5.36. The lowest BCUT2D eigenvalue weighted by atomic mass is 10.1. The van der Waals surface area contributed by atoms with Gasteiger partial charge in [0.05, 0.1) is 27.9 Å². The first-order valence-electron chi connectivity index (χ1n) is 10.6. The molecule has 0 aliphatic rings. The summed E-state index contributed by atoms with van der Waals surface area (Å²) in [6.45, 7) is 3.98. The van der Waals surface area contributed by atoms with E-state index < -0.39 is 0 Å². The van der Waals surface area contributed by atoms with E-state index >= 15 is 0 Å². The second kappa shape index (κ2) is 8.63. The molecule has 0 saturated heterocycles. The van der Waals surface area contributed by atoms with Gasteiger partial charge in [0, 0.05) is 11.4 Å². The lowest BCUT2D eigenvalue weighted by Gasteiger charge is -2.12. The number of ether oxygens (including phenoxy) is 1. The van der Waals surface area contributed by atoms with Crippen molar-refractivity contribution >= 4 is 22.6 Å². The Morgan fingerprint density at radius 1 is 1.00 bits per heavy atom. The molecule has 5 rings (SSSR count). The highest BCUT2D eigenvalue weighted by Gasteiger charge is 2.15. The predicted octanol–water partition coefficient (Wildman–Crippen LogP) is 5.46. The van der Waals surface area contributed by atoms with Crippen molar-refractivity contribution in [2.75, 3.05) is 5.32 Å². The summed E-state index contributed by atoms with van der Waals surface area (Å²) in [7, 11) is 0. The van der Waals surface area contributed by atoms with Gasteiger partial charge in [-0.3, -0.25) is 9.36 Å². The van der Waals surface area contributed by atoms with Crippen LogP contribution >= 0.6 is 0 Å². The third kappa shape index (κ3) is 4.08. The van der Waals surface area contributed by atoms with Gasteiger partial charge in [0.15, 0.2) is 0 Å². The maximum absolute atomic E-state index is 13.0. The molecule has 0 unspecified atom stereocenters. The number of imidazole rings is 1. The number of amides is 1. The van der Waals surface area contributed by atoms with Crippen LogP contribution in [-0.4, -0.2) is 20.6 Å². The molecule has 0 spiro atoms. The van der Waals surface area contributed by atoms with E-state index in [-0.39, 0.29) is 12.5 Å². The zero-order chi connectivity index (χ0) is 22.8. The van der Waals surface area contributed by atoms with Crippen molar-refractivity contribution in [1.29, 1.82) is 0 Å². The molecular formula is C26H22N4O3. The van der Waals surface area contributed by atoms with E-state index in [1.165, 1.54) is 0 Å². The topological polar surface area (TPSA) is 82.2 Å². The van der Waals surface area contributed by atoms with Gasteiger partial charge >= 0.3 is 0 Å². The first-order chi connectivity index (χ1) is 16.1. The SMILES string of the molecule is Cc1noc(C)c1COc1ccccc1C(=O)Nc1ccc(-n2cnc3ccccc32)cc1. The smallest absolute Gasteiger partial charge is 0.259 e. The molecule has 0 saturated carbocycles. The molecule has 0 fully saturated rings. The third-order valence-corrected chi connectivity index (χ3v) is 5.54. The number of hydrogen-bond donors (Lipinski definition) is 1. The second-order valence-electron chi connectivity index (χ2n) is 7.69. The average Bonchev–Trinajstić information content (AvgIpc) is 3.41. The van der Waals surface area contributed by atoms with Crippen LogP contribution in [0, 0.1) is 13.8 Å². The Morgan fingerprint density at radius 2 is 1.76 bits per heavy atom. The fourth-order valence-corrected chi connectivity index (χ4v) is 3.71. The molecule has 7 heteroatoms. The van der Waals surface area contributed by atoms with E-state index in [0.29, 0.717) is 22.8 Å². The number of nitrogens with one attached hydrogen (secondary N) is 1. The molecule has 2 heterocycles. The van der Waals surface area contributed by atoms with E-state index in [1.807, 2.05) is 79.1 Å². The Labute approximate surface area is 190 Å². The lowest BCUT2D eigenvalue weighted by molar-refractivity contribution is 0.102.